The number of H-pyrrole nitrogens is 1. The van der Waals surface area contributed by atoms with E-state index in [-0.39, 0.29) is 30.0 Å². The summed E-state index contributed by atoms with van der Waals surface area (Å²) in [5, 5.41) is 6.96. The molecule has 1 saturated carbocycles. The van der Waals surface area contributed by atoms with Crippen molar-refractivity contribution in [2.24, 2.45) is 5.92 Å². The zero-order valence-corrected chi connectivity index (χ0v) is 15.4. The lowest BCUT2D eigenvalue weighted by molar-refractivity contribution is -0.132. The lowest BCUT2D eigenvalue weighted by atomic mass is 10.0. The second kappa shape index (κ2) is 7.68. The summed E-state index contributed by atoms with van der Waals surface area (Å²) < 4.78 is 1.26. The van der Waals surface area contributed by atoms with E-state index in [1.807, 2.05) is 4.90 Å². The van der Waals surface area contributed by atoms with Crippen molar-refractivity contribution in [1.82, 2.24) is 20.0 Å². The first-order valence-corrected chi connectivity index (χ1v) is 9.85. The number of piperidine rings is 1. The van der Waals surface area contributed by atoms with Gasteiger partial charge in [-0.15, -0.1) is 0 Å². The average molecular weight is 370 g/mol. The largest absolute Gasteiger partial charge is 0.343 e. The topological polar surface area (TPSA) is 87.2 Å². The molecular formula is C20H26N4O3. The van der Waals surface area contributed by atoms with Crippen molar-refractivity contribution in [2.75, 3.05) is 19.6 Å². The van der Waals surface area contributed by atoms with Gasteiger partial charge in [0.2, 0.25) is 5.91 Å². The number of benzene rings is 1. The Morgan fingerprint density at radius 3 is 2.48 bits per heavy atom. The van der Waals surface area contributed by atoms with Crippen molar-refractivity contribution in [3.8, 4) is 0 Å². The van der Waals surface area contributed by atoms with Crippen molar-refractivity contribution >= 4 is 16.7 Å². The first kappa shape index (κ1) is 18.0. The third-order valence-electron chi connectivity index (χ3n) is 5.67. The number of hydrogen-bond acceptors (Lipinski definition) is 4. The highest BCUT2D eigenvalue weighted by atomic mass is 16.2. The number of aromatic nitrogens is 2. The maximum Gasteiger partial charge on any atom is 0.273 e. The molecule has 2 fully saturated rings. The van der Waals surface area contributed by atoms with Gasteiger partial charge in [-0.25, -0.2) is 4.68 Å². The summed E-state index contributed by atoms with van der Waals surface area (Å²) in [5.41, 5.74) is -0.568. The van der Waals surface area contributed by atoms with Crippen LogP contribution in [0, 0.1) is 5.92 Å². The number of aromatic amines is 1. The van der Waals surface area contributed by atoms with Crippen LogP contribution in [0.2, 0.25) is 0 Å². The van der Waals surface area contributed by atoms with E-state index in [2.05, 4.69) is 10.4 Å². The first-order valence-electron chi connectivity index (χ1n) is 9.85. The highest BCUT2D eigenvalue weighted by molar-refractivity contribution is 5.80. The molecule has 7 heteroatoms. The molecule has 2 aliphatic rings. The highest BCUT2D eigenvalue weighted by Gasteiger charge is 2.25. The molecule has 2 N–H and O–H groups in total. The van der Waals surface area contributed by atoms with Gasteiger partial charge < -0.3 is 10.2 Å². The van der Waals surface area contributed by atoms with Gasteiger partial charge >= 0.3 is 0 Å². The Hall–Kier alpha value is -2.41. The van der Waals surface area contributed by atoms with Crippen molar-refractivity contribution in [3.63, 3.8) is 0 Å². The monoisotopic (exact) mass is 370 g/mol. The second-order valence-corrected chi connectivity index (χ2v) is 7.70. The first-order chi connectivity index (χ1) is 13.1. The van der Waals surface area contributed by atoms with Gasteiger partial charge in [0.25, 0.3) is 11.1 Å². The fourth-order valence-corrected chi connectivity index (χ4v) is 3.76. The molecular weight excluding hydrogens is 344 g/mol. The Balaban J connectivity index is 1.33. The fraction of sp³-hybridized carbons (Fsp3) is 0.550. The van der Waals surface area contributed by atoms with E-state index < -0.39 is 0 Å². The van der Waals surface area contributed by atoms with Crippen molar-refractivity contribution in [2.45, 2.75) is 44.7 Å². The van der Waals surface area contributed by atoms with Crippen LogP contribution in [-0.4, -0.2) is 46.3 Å². The van der Waals surface area contributed by atoms with Gasteiger partial charge in [0.05, 0.1) is 17.3 Å². The van der Waals surface area contributed by atoms with Crippen LogP contribution in [0.1, 0.15) is 32.1 Å². The number of carbonyl (C=O) groups excluding carboxylic acids is 1. The zero-order chi connectivity index (χ0) is 18.8. The van der Waals surface area contributed by atoms with E-state index in [0.717, 1.165) is 38.4 Å². The van der Waals surface area contributed by atoms with E-state index >= 15 is 0 Å². The van der Waals surface area contributed by atoms with Gasteiger partial charge in [-0.1, -0.05) is 12.1 Å². The van der Waals surface area contributed by atoms with E-state index in [9.17, 15) is 14.4 Å². The van der Waals surface area contributed by atoms with Crippen LogP contribution in [-0.2, 0) is 11.3 Å². The molecule has 1 saturated heterocycles. The molecule has 7 nitrogen and oxygen atoms in total. The second-order valence-electron chi connectivity index (χ2n) is 7.70. The van der Waals surface area contributed by atoms with Gasteiger partial charge in [-0.05, 0) is 50.3 Å². The molecule has 1 aliphatic heterocycles. The maximum absolute atomic E-state index is 12.5. The maximum atomic E-state index is 12.5. The minimum atomic E-state index is -0.305. The van der Waals surface area contributed by atoms with Gasteiger partial charge in [0, 0.05) is 25.6 Å². The molecule has 2 heterocycles. The molecule has 1 aromatic carbocycles. The Morgan fingerprint density at radius 1 is 1.07 bits per heavy atom. The molecule has 0 bridgehead atoms. The third-order valence-corrected chi connectivity index (χ3v) is 5.67. The molecule has 1 aliphatic carbocycles. The number of rotatable bonds is 6. The number of carbonyl (C=O) groups is 1. The predicted octanol–water partition coefficient (Wildman–Crippen LogP) is 1.07. The normalized spacial score (nSPS) is 18.1. The lowest BCUT2D eigenvalue weighted by Gasteiger charge is -2.32. The fourth-order valence-electron chi connectivity index (χ4n) is 3.76. The van der Waals surface area contributed by atoms with Gasteiger partial charge in [0.15, 0.2) is 0 Å². The van der Waals surface area contributed by atoms with E-state index in [0.29, 0.717) is 16.8 Å². The lowest BCUT2D eigenvalue weighted by Crippen LogP contribution is -2.45. The Kier molecular flexibility index (Phi) is 5.11. The third kappa shape index (κ3) is 4.13. The van der Waals surface area contributed by atoms with Crippen LogP contribution >= 0.6 is 0 Å². The molecule has 2 aromatic rings. The Bertz CT molecular complexity index is 936. The SMILES string of the molecule is O=C(CCn1[nH]c(=O)c2ccccc2c1=O)N1CCC(NCC2CC2)CC1. The standard InChI is InChI=1S/C20H26N4O3/c25-18(23-10-7-15(8-11-23)21-13-14-5-6-14)9-12-24-20(27)17-4-2-1-3-16(17)19(26)22-24/h1-4,14-15,21H,5-13H2,(H,22,26). The molecule has 144 valence electrons. The number of likely N-dealkylation sites (tertiary alicyclic amines) is 1. The van der Waals surface area contributed by atoms with Crippen LogP contribution in [0.15, 0.2) is 33.9 Å². The summed E-state index contributed by atoms with van der Waals surface area (Å²) in [4.78, 5) is 39.0. The van der Waals surface area contributed by atoms with Crippen molar-refractivity contribution < 1.29 is 4.79 Å². The van der Waals surface area contributed by atoms with Crippen molar-refractivity contribution in [1.29, 1.82) is 0 Å². The van der Waals surface area contributed by atoms with Crippen LogP contribution in [0.4, 0.5) is 0 Å². The molecule has 0 spiro atoms. The molecule has 4 rings (SSSR count). The van der Waals surface area contributed by atoms with Gasteiger partial charge in [-0.2, -0.15) is 0 Å². The van der Waals surface area contributed by atoms with E-state index in [1.165, 1.54) is 17.5 Å². The average Bonchev–Trinajstić information content (AvgIpc) is 3.53. The van der Waals surface area contributed by atoms with Crippen LogP contribution < -0.4 is 16.4 Å². The molecule has 0 atom stereocenters. The van der Waals surface area contributed by atoms with Crippen molar-refractivity contribution in [3.05, 3.63) is 45.0 Å². The van der Waals surface area contributed by atoms with Crippen LogP contribution in [0.3, 0.4) is 0 Å². The summed E-state index contributed by atoms with van der Waals surface area (Å²) in [5.74, 6) is 0.906. The summed E-state index contributed by atoms with van der Waals surface area (Å²) in [6.45, 7) is 2.81. The van der Waals surface area contributed by atoms with E-state index in [4.69, 9.17) is 0 Å². The smallest absolute Gasteiger partial charge is 0.273 e. The summed E-state index contributed by atoms with van der Waals surface area (Å²) in [6, 6.07) is 7.25. The minimum Gasteiger partial charge on any atom is -0.343 e. The number of aryl methyl sites for hydroxylation is 1. The Morgan fingerprint density at radius 2 is 1.78 bits per heavy atom. The summed E-state index contributed by atoms with van der Waals surface area (Å²) in [7, 11) is 0. The molecule has 1 aromatic heterocycles. The molecule has 27 heavy (non-hydrogen) atoms. The predicted molar refractivity (Wildman–Crippen MR) is 104 cm³/mol. The number of nitrogens with zero attached hydrogens (tertiary/aromatic N) is 2. The van der Waals surface area contributed by atoms with Gasteiger partial charge in [-0.3, -0.25) is 19.5 Å². The summed E-state index contributed by atoms with van der Waals surface area (Å²) >= 11 is 0. The Labute approximate surface area is 157 Å². The molecule has 0 unspecified atom stereocenters. The quantitative estimate of drug-likeness (QED) is 0.796. The van der Waals surface area contributed by atoms with E-state index in [1.54, 1.807) is 24.3 Å². The highest BCUT2D eigenvalue weighted by Crippen LogP contribution is 2.28. The van der Waals surface area contributed by atoms with Crippen LogP contribution in [0.25, 0.3) is 10.8 Å². The number of nitrogens with one attached hydrogen (secondary N) is 2. The molecule has 1 amide bonds. The van der Waals surface area contributed by atoms with Crippen LogP contribution in [0.5, 0.6) is 0 Å². The number of amides is 1. The molecule has 0 radical (unpaired) electrons. The summed E-state index contributed by atoms with van der Waals surface area (Å²) in [6.07, 6.45) is 4.87. The number of hydrogen-bond donors (Lipinski definition) is 2. The number of fused-ring (bicyclic) bond motifs is 1. The minimum absolute atomic E-state index is 0.0385. The van der Waals surface area contributed by atoms with Gasteiger partial charge in [0.1, 0.15) is 0 Å². The zero-order valence-electron chi connectivity index (χ0n) is 15.4.